The summed E-state index contributed by atoms with van der Waals surface area (Å²) >= 11 is 3.33. The predicted octanol–water partition coefficient (Wildman–Crippen LogP) is 3.83. The van der Waals surface area contributed by atoms with E-state index in [9.17, 15) is 5.11 Å². The van der Waals surface area contributed by atoms with Crippen molar-refractivity contribution in [1.82, 2.24) is 0 Å². The van der Waals surface area contributed by atoms with Crippen LogP contribution in [0.3, 0.4) is 0 Å². The van der Waals surface area contributed by atoms with Gasteiger partial charge >= 0.3 is 0 Å². The average Bonchev–Trinajstić information content (AvgIpc) is 2.39. The van der Waals surface area contributed by atoms with Crippen LogP contribution in [-0.4, -0.2) is 5.11 Å². The van der Waals surface area contributed by atoms with E-state index in [-0.39, 0.29) is 0 Å². The number of halogens is 1. The molecule has 0 aromatic heterocycles. The smallest absolute Gasteiger partial charge is 0.146 e. The zero-order valence-corrected chi connectivity index (χ0v) is 10.9. The Morgan fingerprint density at radius 1 is 0.882 bits per heavy atom. The molecule has 17 heavy (non-hydrogen) atoms. The largest absolute Gasteiger partial charge is 0.376 e. The second-order valence-electron chi connectivity index (χ2n) is 3.85. The van der Waals surface area contributed by atoms with Gasteiger partial charge in [-0.1, -0.05) is 83.2 Å². The highest BCUT2D eigenvalue weighted by Crippen LogP contribution is 2.38. The van der Waals surface area contributed by atoms with Crippen LogP contribution in [0.4, 0.5) is 0 Å². The number of aliphatic hydroxyl groups is 1. The molecule has 0 atom stereocenters. The van der Waals surface area contributed by atoms with Crippen molar-refractivity contribution >= 4 is 15.9 Å². The Morgan fingerprint density at radius 3 is 1.53 bits per heavy atom. The maximum atomic E-state index is 10.9. The third-order valence-electron chi connectivity index (χ3n) is 2.78. The van der Waals surface area contributed by atoms with Crippen LogP contribution < -0.4 is 0 Å². The molecule has 0 bridgehead atoms. The van der Waals surface area contributed by atoms with Crippen molar-refractivity contribution in [2.75, 3.05) is 0 Å². The molecule has 0 fully saturated rings. The highest BCUT2D eigenvalue weighted by atomic mass is 79.9. The van der Waals surface area contributed by atoms with Crippen molar-refractivity contribution in [3.05, 3.63) is 82.9 Å². The lowest BCUT2D eigenvalue weighted by atomic mass is 9.86. The van der Waals surface area contributed by atoms with Gasteiger partial charge < -0.3 is 5.11 Å². The van der Waals surface area contributed by atoms with E-state index in [2.05, 4.69) is 22.5 Å². The molecule has 1 N–H and O–H groups in total. The van der Waals surface area contributed by atoms with Crippen molar-refractivity contribution in [1.29, 1.82) is 0 Å². The summed E-state index contributed by atoms with van der Waals surface area (Å²) < 4.78 is 0.530. The maximum absolute atomic E-state index is 10.9. The molecule has 0 spiro atoms. The van der Waals surface area contributed by atoms with Gasteiger partial charge in [-0.05, 0) is 11.1 Å². The SMILES string of the molecule is C=C(Br)C(O)(c1ccccc1)c1ccccc1. The standard InChI is InChI=1S/C15H13BrO/c1-12(16)15(17,13-8-4-2-5-9-13)14-10-6-3-7-11-14/h2-11,17H,1H2. The lowest BCUT2D eigenvalue weighted by molar-refractivity contribution is 0.131. The highest BCUT2D eigenvalue weighted by molar-refractivity contribution is 9.11. The van der Waals surface area contributed by atoms with Crippen LogP contribution in [0.25, 0.3) is 0 Å². The number of rotatable bonds is 3. The van der Waals surface area contributed by atoms with Gasteiger partial charge in [-0.3, -0.25) is 0 Å². The summed E-state index contributed by atoms with van der Waals surface area (Å²) in [6.45, 7) is 3.85. The van der Waals surface area contributed by atoms with Crippen LogP contribution >= 0.6 is 15.9 Å². The van der Waals surface area contributed by atoms with Crippen LogP contribution in [0.1, 0.15) is 11.1 Å². The molecular weight excluding hydrogens is 276 g/mol. The van der Waals surface area contributed by atoms with E-state index >= 15 is 0 Å². The van der Waals surface area contributed by atoms with Crippen molar-refractivity contribution in [2.45, 2.75) is 5.60 Å². The van der Waals surface area contributed by atoms with Gasteiger partial charge in [-0.25, -0.2) is 0 Å². The van der Waals surface area contributed by atoms with Gasteiger partial charge in [0.2, 0.25) is 0 Å². The molecule has 0 saturated heterocycles. The third kappa shape index (κ3) is 2.19. The van der Waals surface area contributed by atoms with Crippen LogP contribution in [0.15, 0.2) is 71.7 Å². The third-order valence-corrected chi connectivity index (χ3v) is 3.35. The molecule has 0 aliphatic heterocycles. The molecule has 2 aromatic rings. The minimum Gasteiger partial charge on any atom is -0.376 e. The van der Waals surface area contributed by atoms with E-state index in [1.807, 2.05) is 60.7 Å². The summed E-state index contributed by atoms with van der Waals surface area (Å²) in [7, 11) is 0. The van der Waals surface area contributed by atoms with E-state index in [1.54, 1.807) is 0 Å². The summed E-state index contributed by atoms with van der Waals surface area (Å²) in [5, 5.41) is 10.9. The summed E-state index contributed by atoms with van der Waals surface area (Å²) in [6, 6.07) is 19.0. The molecule has 0 heterocycles. The fourth-order valence-corrected chi connectivity index (χ4v) is 2.30. The molecule has 1 nitrogen and oxygen atoms in total. The molecular formula is C15H13BrO. The molecule has 0 radical (unpaired) electrons. The Kier molecular flexibility index (Phi) is 3.46. The van der Waals surface area contributed by atoms with Crippen molar-refractivity contribution in [3.63, 3.8) is 0 Å². The Labute approximate surface area is 110 Å². The quantitative estimate of drug-likeness (QED) is 0.910. The van der Waals surface area contributed by atoms with Gasteiger partial charge in [0.15, 0.2) is 0 Å². The van der Waals surface area contributed by atoms with E-state index in [0.717, 1.165) is 11.1 Å². The van der Waals surface area contributed by atoms with Crippen LogP contribution in [0.2, 0.25) is 0 Å². The summed E-state index contributed by atoms with van der Waals surface area (Å²) in [5.74, 6) is 0. The molecule has 0 amide bonds. The van der Waals surface area contributed by atoms with Gasteiger partial charge in [0.25, 0.3) is 0 Å². The fourth-order valence-electron chi connectivity index (χ4n) is 1.84. The number of hydrogen-bond donors (Lipinski definition) is 1. The molecule has 0 aliphatic rings. The lowest BCUT2D eigenvalue weighted by Gasteiger charge is -2.28. The van der Waals surface area contributed by atoms with Gasteiger partial charge in [0, 0.05) is 4.48 Å². The second-order valence-corrected chi connectivity index (χ2v) is 4.80. The predicted molar refractivity (Wildman–Crippen MR) is 73.9 cm³/mol. The molecule has 2 heteroatoms. The molecule has 0 saturated carbocycles. The van der Waals surface area contributed by atoms with Gasteiger partial charge in [0.1, 0.15) is 5.60 Å². The minimum absolute atomic E-state index is 0.530. The topological polar surface area (TPSA) is 20.2 Å². The molecule has 0 unspecified atom stereocenters. The van der Waals surface area contributed by atoms with Crippen LogP contribution in [0.5, 0.6) is 0 Å². The summed E-state index contributed by atoms with van der Waals surface area (Å²) in [6.07, 6.45) is 0. The maximum Gasteiger partial charge on any atom is 0.146 e. The second kappa shape index (κ2) is 4.86. The summed E-state index contributed by atoms with van der Waals surface area (Å²) in [5.41, 5.74) is 0.406. The van der Waals surface area contributed by atoms with Crippen LogP contribution in [0, 0.1) is 0 Å². The zero-order chi connectivity index (χ0) is 12.3. The summed E-state index contributed by atoms with van der Waals surface area (Å²) in [4.78, 5) is 0. The monoisotopic (exact) mass is 288 g/mol. The average molecular weight is 289 g/mol. The van der Waals surface area contributed by atoms with E-state index in [4.69, 9.17) is 0 Å². The number of hydrogen-bond acceptors (Lipinski definition) is 1. The van der Waals surface area contributed by atoms with E-state index in [0.29, 0.717) is 4.48 Å². The molecule has 0 aliphatic carbocycles. The van der Waals surface area contributed by atoms with Crippen molar-refractivity contribution < 1.29 is 5.11 Å². The van der Waals surface area contributed by atoms with Gasteiger partial charge in [-0.15, -0.1) is 0 Å². The Hall–Kier alpha value is -1.38. The normalized spacial score (nSPS) is 11.2. The fraction of sp³-hybridized carbons (Fsp3) is 0.0667. The Morgan fingerprint density at radius 2 is 1.24 bits per heavy atom. The highest BCUT2D eigenvalue weighted by Gasteiger charge is 2.33. The first-order valence-corrected chi connectivity index (χ1v) is 6.13. The first-order valence-electron chi connectivity index (χ1n) is 5.34. The van der Waals surface area contributed by atoms with Gasteiger partial charge in [-0.2, -0.15) is 0 Å². The van der Waals surface area contributed by atoms with Crippen molar-refractivity contribution in [2.24, 2.45) is 0 Å². The first kappa shape index (κ1) is 12.1. The van der Waals surface area contributed by atoms with E-state index in [1.165, 1.54) is 0 Å². The number of benzene rings is 2. The molecule has 86 valence electrons. The van der Waals surface area contributed by atoms with Crippen molar-refractivity contribution in [3.8, 4) is 0 Å². The van der Waals surface area contributed by atoms with E-state index < -0.39 is 5.60 Å². The Bertz CT molecular complexity index is 465. The lowest BCUT2D eigenvalue weighted by Crippen LogP contribution is -2.27. The first-order chi connectivity index (χ1) is 8.15. The van der Waals surface area contributed by atoms with Crippen LogP contribution in [-0.2, 0) is 5.60 Å². The molecule has 2 rings (SSSR count). The zero-order valence-electron chi connectivity index (χ0n) is 9.31. The molecule has 2 aromatic carbocycles. The van der Waals surface area contributed by atoms with Gasteiger partial charge in [0.05, 0.1) is 0 Å². The Balaban J connectivity index is 2.59. The minimum atomic E-state index is -1.19.